The van der Waals surface area contributed by atoms with Crippen molar-refractivity contribution in [3.05, 3.63) is 40.8 Å². The second-order valence-corrected chi connectivity index (χ2v) is 6.95. The third kappa shape index (κ3) is 5.79. The molecule has 0 spiro atoms. The molecular weight excluding hydrogens is 316 g/mol. The summed E-state index contributed by atoms with van der Waals surface area (Å²) in [5.41, 5.74) is 0.756. The molecule has 0 bridgehead atoms. The van der Waals surface area contributed by atoms with Crippen LogP contribution in [0.2, 0.25) is 0 Å². The van der Waals surface area contributed by atoms with Crippen LogP contribution in [0.3, 0.4) is 0 Å². The highest BCUT2D eigenvalue weighted by atomic mass is 32.2. The molecule has 0 atom stereocenters. The molecule has 2 rings (SSSR count). The van der Waals surface area contributed by atoms with E-state index in [0.29, 0.717) is 6.42 Å². The first-order chi connectivity index (χ1) is 10.8. The number of rotatable bonds is 9. The van der Waals surface area contributed by atoms with Gasteiger partial charge in [-0.3, -0.25) is 9.78 Å². The SMILES string of the molecule is O=C(CCCc1cccs1)Nc1cnccc1SCCCO. The number of aryl methyl sites for hydroxylation is 1. The molecule has 6 heteroatoms. The number of nitrogens with zero attached hydrogens (tertiary/aromatic N) is 1. The van der Waals surface area contributed by atoms with Gasteiger partial charge < -0.3 is 10.4 Å². The van der Waals surface area contributed by atoms with Crippen molar-refractivity contribution < 1.29 is 9.90 Å². The number of aliphatic hydroxyl groups excluding tert-OH is 1. The molecule has 2 heterocycles. The average molecular weight is 336 g/mol. The van der Waals surface area contributed by atoms with Gasteiger partial charge in [0.15, 0.2) is 0 Å². The van der Waals surface area contributed by atoms with E-state index in [2.05, 4.69) is 21.7 Å². The monoisotopic (exact) mass is 336 g/mol. The standard InChI is InChI=1S/C16H20N2O2S2/c19-9-3-11-22-15-7-8-17-12-14(15)18-16(20)6-1-4-13-5-2-10-21-13/h2,5,7-8,10,12,19H,1,3-4,6,9,11H2,(H,18,20). The Hall–Kier alpha value is -1.37. The van der Waals surface area contributed by atoms with Gasteiger partial charge in [-0.05, 0) is 36.8 Å². The minimum absolute atomic E-state index is 0.0218. The second kappa shape index (κ2) is 9.61. The first-order valence-electron chi connectivity index (χ1n) is 7.29. The summed E-state index contributed by atoms with van der Waals surface area (Å²) in [7, 11) is 0. The van der Waals surface area contributed by atoms with Crippen LogP contribution in [0.4, 0.5) is 5.69 Å². The molecule has 0 fully saturated rings. The number of thioether (sulfide) groups is 1. The van der Waals surface area contributed by atoms with Crippen LogP contribution in [-0.2, 0) is 11.2 Å². The maximum Gasteiger partial charge on any atom is 0.224 e. The lowest BCUT2D eigenvalue weighted by Gasteiger charge is -2.09. The summed E-state index contributed by atoms with van der Waals surface area (Å²) in [5, 5.41) is 13.8. The van der Waals surface area contributed by atoms with Crippen molar-refractivity contribution in [3.8, 4) is 0 Å². The molecule has 0 aliphatic carbocycles. The molecule has 2 N–H and O–H groups in total. The Morgan fingerprint density at radius 1 is 1.36 bits per heavy atom. The van der Waals surface area contributed by atoms with E-state index in [1.807, 2.05) is 12.1 Å². The van der Waals surface area contributed by atoms with Crippen molar-refractivity contribution in [3.63, 3.8) is 0 Å². The number of carbonyl (C=O) groups is 1. The molecule has 0 aliphatic rings. The lowest BCUT2D eigenvalue weighted by atomic mass is 10.2. The van der Waals surface area contributed by atoms with Gasteiger partial charge in [0, 0.05) is 34.8 Å². The summed E-state index contributed by atoms with van der Waals surface area (Å²) in [6.45, 7) is 0.183. The van der Waals surface area contributed by atoms with Crippen molar-refractivity contribution >= 4 is 34.7 Å². The molecule has 0 saturated carbocycles. The number of nitrogens with one attached hydrogen (secondary N) is 1. The first-order valence-corrected chi connectivity index (χ1v) is 9.16. The van der Waals surface area contributed by atoms with E-state index in [4.69, 9.17) is 5.11 Å². The number of amides is 1. The largest absolute Gasteiger partial charge is 0.396 e. The Kier molecular flexibility index (Phi) is 7.42. The van der Waals surface area contributed by atoms with Crippen molar-refractivity contribution in [2.75, 3.05) is 17.7 Å². The molecule has 2 aromatic rings. The molecule has 0 saturated heterocycles. The van der Waals surface area contributed by atoms with Gasteiger partial charge in [0.25, 0.3) is 0 Å². The van der Waals surface area contributed by atoms with Crippen LogP contribution < -0.4 is 5.32 Å². The topological polar surface area (TPSA) is 62.2 Å². The van der Waals surface area contributed by atoms with Gasteiger partial charge in [-0.1, -0.05) is 6.07 Å². The highest BCUT2D eigenvalue weighted by Crippen LogP contribution is 2.26. The minimum atomic E-state index is 0.0218. The van der Waals surface area contributed by atoms with Crippen LogP contribution in [0.1, 0.15) is 24.1 Å². The molecule has 2 aromatic heterocycles. The lowest BCUT2D eigenvalue weighted by Crippen LogP contribution is -2.12. The summed E-state index contributed by atoms with van der Waals surface area (Å²) < 4.78 is 0. The number of anilines is 1. The summed E-state index contributed by atoms with van der Waals surface area (Å²) >= 11 is 3.35. The van der Waals surface area contributed by atoms with Crippen LogP contribution in [-0.4, -0.2) is 28.4 Å². The molecule has 118 valence electrons. The second-order valence-electron chi connectivity index (χ2n) is 4.78. The number of hydrogen-bond acceptors (Lipinski definition) is 5. The fourth-order valence-corrected chi connectivity index (χ4v) is 3.60. The van der Waals surface area contributed by atoms with E-state index in [1.54, 1.807) is 35.5 Å². The fourth-order valence-electron chi connectivity index (χ4n) is 1.94. The van der Waals surface area contributed by atoms with Crippen molar-refractivity contribution in [2.45, 2.75) is 30.6 Å². The Morgan fingerprint density at radius 3 is 3.05 bits per heavy atom. The van der Waals surface area contributed by atoms with E-state index in [0.717, 1.165) is 35.6 Å². The highest BCUT2D eigenvalue weighted by Gasteiger charge is 2.08. The van der Waals surface area contributed by atoms with Gasteiger partial charge in [0.1, 0.15) is 0 Å². The quantitative estimate of drug-likeness (QED) is 0.543. The third-order valence-electron chi connectivity index (χ3n) is 3.02. The fraction of sp³-hybridized carbons (Fsp3) is 0.375. The summed E-state index contributed by atoms with van der Waals surface area (Å²) in [5.74, 6) is 0.843. The molecule has 1 amide bonds. The Balaban J connectivity index is 1.80. The Bertz CT molecular complexity index is 573. The number of aromatic nitrogens is 1. The summed E-state index contributed by atoms with van der Waals surface area (Å²) in [6, 6.07) is 6.02. The van der Waals surface area contributed by atoms with Gasteiger partial charge in [0.05, 0.1) is 11.9 Å². The molecule has 0 unspecified atom stereocenters. The predicted octanol–water partition coefficient (Wildman–Crippen LogP) is 3.58. The smallest absolute Gasteiger partial charge is 0.224 e. The van der Waals surface area contributed by atoms with E-state index < -0.39 is 0 Å². The van der Waals surface area contributed by atoms with Gasteiger partial charge in [-0.2, -0.15) is 0 Å². The number of pyridine rings is 1. The zero-order valence-electron chi connectivity index (χ0n) is 12.3. The number of aliphatic hydroxyl groups is 1. The summed E-state index contributed by atoms with van der Waals surface area (Å²) in [6.07, 6.45) is 6.43. The normalized spacial score (nSPS) is 10.6. The van der Waals surface area contributed by atoms with Crippen molar-refractivity contribution in [2.24, 2.45) is 0 Å². The van der Waals surface area contributed by atoms with Gasteiger partial charge in [-0.15, -0.1) is 23.1 Å². The first kappa shape index (κ1) is 17.0. The van der Waals surface area contributed by atoms with Gasteiger partial charge in [-0.25, -0.2) is 0 Å². The molecule has 0 aliphatic heterocycles. The van der Waals surface area contributed by atoms with Crippen LogP contribution >= 0.6 is 23.1 Å². The van der Waals surface area contributed by atoms with Crippen LogP contribution in [0, 0.1) is 0 Å². The third-order valence-corrected chi connectivity index (χ3v) is 5.12. The van der Waals surface area contributed by atoms with E-state index >= 15 is 0 Å². The highest BCUT2D eigenvalue weighted by molar-refractivity contribution is 7.99. The average Bonchev–Trinajstić information content (AvgIpc) is 3.02. The molecule has 0 aromatic carbocycles. The zero-order chi connectivity index (χ0) is 15.6. The number of thiophene rings is 1. The van der Waals surface area contributed by atoms with Crippen molar-refractivity contribution in [1.29, 1.82) is 0 Å². The van der Waals surface area contributed by atoms with Crippen molar-refractivity contribution in [1.82, 2.24) is 4.98 Å². The molecular formula is C16H20N2O2S2. The van der Waals surface area contributed by atoms with Crippen LogP contribution in [0.5, 0.6) is 0 Å². The van der Waals surface area contributed by atoms with E-state index in [9.17, 15) is 4.79 Å². The Morgan fingerprint density at radius 2 is 2.27 bits per heavy atom. The van der Waals surface area contributed by atoms with Gasteiger partial charge >= 0.3 is 0 Å². The lowest BCUT2D eigenvalue weighted by molar-refractivity contribution is -0.116. The van der Waals surface area contributed by atoms with E-state index in [-0.39, 0.29) is 12.5 Å². The van der Waals surface area contributed by atoms with E-state index in [1.165, 1.54) is 4.88 Å². The molecule has 4 nitrogen and oxygen atoms in total. The number of hydrogen-bond donors (Lipinski definition) is 2. The minimum Gasteiger partial charge on any atom is -0.396 e. The zero-order valence-corrected chi connectivity index (χ0v) is 14.0. The molecule has 22 heavy (non-hydrogen) atoms. The summed E-state index contributed by atoms with van der Waals surface area (Å²) in [4.78, 5) is 18.4. The van der Waals surface area contributed by atoms with Gasteiger partial charge in [0.2, 0.25) is 5.91 Å². The van der Waals surface area contributed by atoms with Crippen LogP contribution in [0.15, 0.2) is 40.9 Å². The molecule has 0 radical (unpaired) electrons. The number of carbonyl (C=O) groups excluding carboxylic acids is 1. The maximum atomic E-state index is 12.0. The predicted molar refractivity (Wildman–Crippen MR) is 92.6 cm³/mol. The Labute approximate surface area is 139 Å². The van der Waals surface area contributed by atoms with Crippen LogP contribution in [0.25, 0.3) is 0 Å². The maximum absolute atomic E-state index is 12.0.